The summed E-state index contributed by atoms with van der Waals surface area (Å²) in [6.45, 7) is 0. The van der Waals surface area contributed by atoms with Gasteiger partial charge in [0.2, 0.25) is 5.28 Å². The molecule has 72 valence electrons. The first-order valence-corrected chi connectivity index (χ1v) is 4.77. The van der Waals surface area contributed by atoms with Crippen LogP contribution in [0.25, 0.3) is 10.9 Å². The van der Waals surface area contributed by atoms with Crippen LogP contribution in [-0.2, 0) is 0 Å². The van der Waals surface area contributed by atoms with E-state index in [9.17, 15) is 0 Å². The maximum absolute atomic E-state index is 5.93. The van der Waals surface area contributed by atoms with E-state index < -0.39 is 0 Å². The molecule has 0 spiro atoms. The van der Waals surface area contributed by atoms with Gasteiger partial charge in [-0.3, -0.25) is 0 Å². The third kappa shape index (κ3) is 1.61. The standard InChI is InChI=1S/C9H7Cl2N3/c1-12-5-2-3-7-6(4-5)8(10)14-9(11)13-7/h2-4,12H,1H3. The lowest BCUT2D eigenvalue weighted by Gasteiger charge is -2.03. The molecule has 0 bridgehead atoms. The van der Waals surface area contributed by atoms with Crippen molar-refractivity contribution >= 4 is 39.8 Å². The normalized spacial score (nSPS) is 10.5. The zero-order valence-electron chi connectivity index (χ0n) is 7.38. The van der Waals surface area contributed by atoms with E-state index in [0.29, 0.717) is 5.15 Å². The van der Waals surface area contributed by atoms with Gasteiger partial charge >= 0.3 is 0 Å². The number of nitrogens with one attached hydrogen (secondary N) is 1. The third-order valence-electron chi connectivity index (χ3n) is 1.91. The monoisotopic (exact) mass is 227 g/mol. The molecule has 1 N–H and O–H groups in total. The van der Waals surface area contributed by atoms with Crippen molar-refractivity contribution in [2.45, 2.75) is 0 Å². The topological polar surface area (TPSA) is 37.8 Å². The van der Waals surface area contributed by atoms with Crippen LogP contribution >= 0.6 is 23.2 Å². The van der Waals surface area contributed by atoms with Gasteiger partial charge in [0.1, 0.15) is 5.15 Å². The van der Waals surface area contributed by atoms with E-state index in [1.54, 1.807) is 0 Å². The minimum Gasteiger partial charge on any atom is -0.388 e. The van der Waals surface area contributed by atoms with Gasteiger partial charge in [0.25, 0.3) is 0 Å². The van der Waals surface area contributed by atoms with E-state index in [0.717, 1.165) is 16.6 Å². The SMILES string of the molecule is CNc1ccc2nc(Cl)nc(Cl)c2c1. The highest BCUT2D eigenvalue weighted by atomic mass is 35.5. The average molecular weight is 228 g/mol. The zero-order chi connectivity index (χ0) is 10.1. The highest BCUT2D eigenvalue weighted by Crippen LogP contribution is 2.24. The van der Waals surface area contributed by atoms with Crippen LogP contribution in [0, 0.1) is 0 Å². The Hall–Kier alpha value is -1.06. The second-order valence-corrected chi connectivity index (χ2v) is 3.46. The number of nitrogens with zero attached hydrogens (tertiary/aromatic N) is 2. The van der Waals surface area contributed by atoms with E-state index >= 15 is 0 Å². The van der Waals surface area contributed by atoms with Crippen LogP contribution in [-0.4, -0.2) is 17.0 Å². The molecule has 0 amide bonds. The summed E-state index contributed by atoms with van der Waals surface area (Å²) >= 11 is 11.6. The summed E-state index contributed by atoms with van der Waals surface area (Å²) in [5, 5.41) is 4.35. The first-order valence-electron chi connectivity index (χ1n) is 4.01. The molecule has 14 heavy (non-hydrogen) atoms. The lowest BCUT2D eigenvalue weighted by molar-refractivity contribution is 1.22. The molecule has 0 saturated heterocycles. The van der Waals surface area contributed by atoms with Crippen molar-refractivity contribution in [2.75, 3.05) is 12.4 Å². The summed E-state index contributed by atoms with van der Waals surface area (Å²) < 4.78 is 0. The van der Waals surface area contributed by atoms with Gasteiger partial charge in [-0.15, -0.1) is 0 Å². The van der Waals surface area contributed by atoms with Crippen molar-refractivity contribution in [3.8, 4) is 0 Å². The smallest absolute Gasteiger partial charge is 0.224 e. The predicted molar refractivity (Wildman–Crippen MR) is 59.1 cm³/mol. The summed E-state index contributed by atoms with van der Waals surface area (Å²) in [5.41, 5.74) is 1.71. The van der Waals surface area contributed by atoms with Gasteiger partial charge in [0, 0.05) is 18.1 Å². The quantitative estimate of drug-likeness (QED) is 0.602. The average Bonchev–Trinajstić information content (AvgIpc) is 2.17. The molecule has 0 aliphatic rings. The summed E-state index contributed by atoms with van der Waals surface area (Å²) in [4.78, 5) is 7.92. The Labute approximate surface area is 91.1 Å². The number of aromatic nitrogens is 2. The van der Waals surface area contributed by atoms with Crippen molar-refractivity contribution < 1.29 is 0 Å². The van der Waals surface area contributed by atoms with Gasteiger partial charge in [-0.1, -0.05) is 11.6 Å². The minimum absolute atomic E-state index is 0.166. The van der Waals surface area contributed by atoms with Gasteiger partial charge in [-0.05, 0) is 29.8 Å². The minimum atomic E-state index is 0.166. The second kappa shape index (κ2) is 3.59. The van der Waals surface area contributed by atoms with Crippen LogP contribution in [0.4, 0.5) is 5.69 Å². The summed E-state index contributed by atoms with van der Waals surface area (Å²) in [7, 11) is 1.84. The van der Waals surface area contributed by atoms with Crippen LogP contribution in [0.1, 0.15) is 0 Å². The number of hydrogen-bond donors (Lipinski definition) is 1. The lowest BCUT2D eigenvalue weighted by Crippen LogP contribution is -1.90. The molecule has 0 aliphatic heterocycles. The highest BCUT2D eigenvalue weighted by molar-refractivity contribution is 6.35. The molecule has 0 atom stereocenters. The lowest BCUT2D eigenvalue weighted by atomic mass is 10.2. The number of fused-ring (bicyclic) bond motifs is 1. The fraction of sp³-hybridized carbons (Fsp3) is 0.111. The maximum Gasteiger partial charge on any atom is 0.224 e. The Kier molecular flexibility index (Phi) is 2.44. The number of hydrogen-bond acceptors (Lipinski definition) is 3. The van der Waals surface area contributed by atoms with E-state index in [1.165, 1.54) is 0 Å². The molecule has 0 saturated carbocycles. The molecule has 0 unspecified atom stereocenters. The van der Waals surface area contributed by atoms with E-state index in [2.05, 4.69) is 15.3 Å². The molecule has 2 rings (SSSR count). The predicted octanol–water partition coefficient (Wildman–Crippen LogP) is 2.98. The molecule has 3 nitrogen and oxygen atoms in total. The fourth-order valence-electron chi connectivity index (χ4n) is 1.22. The summed E-state index contributed by atoms with van der Waals surface area (Å²) in [5.74, 6) is 0. The number of halogens is 2. The van der Waals surface area contributed by atoms with Crippen LogP contribution < -0.4 is 5.32 Å². The van der Waals surface area contributed by atoms with Gasteiger partial charge in [0.05, 0.1) is 5.52 Å². The van der Waals surface area contributed by atoms with Crippen molar-refractivity contribution in [2.24, 2.45) is 0 Å². The molecule has 0 fully saturated rings. The maximum atomic E-state index is 5.93. The molecule has 5 heteroatoms. The summed E-state index contributed by atoms with van der Waals surface area (Å²) in [6.07, 6.45) is 0. The molecule has 1 aromatic heterocycles. The van der Waals surface area contributed by atoms with Crippen LogP contribution in [0.15, 0.2) is 18.2 Å². The Morgan fingerprint density at radius 1 is 1.21 bits per heavy atom. The van der Waals surface area contributed by atoms with Crippen LogP contribution in [0.2, 0.25) is 10.4 Å². The van der Waals surface area contributed by atoms with Gasteiger partial charge < -0.3 is 5.32 Å². The largest absolute Gasteiger partial charge is 0.388 e. The van der Waals surface area contributed by atoms with Gasteiger partial charge in [0.15, 0.2) is 0 Å². The Morgan fingerprint density at radius 2 is 2.00 bits per heavy atom. The Balaban J connectivity index is 2.75. The molecule has 2 aromatic rings. The molecule has 0 radical (unpaired) electrons. The number of benzene rings is 1. The number of rotatable bonds is 1. The van der Waals surface area contributed by atoms with Crippen LogP contribution in [0.5, 0.6) is 0 Å². The Morgan fingerprint density at radius 3 is 2.71 bits per heavy atom. The third-order valence-corrected chi connectivity index (χ3v) is 2.37. The van der Waals surface area contributed by atoms with E-state index in [4.69, 9.17) is 23.2 Å². The molecular formula is C9H7Cl2N3. The van der Waals surface area contributed by atoms with E-state index in [-0.39, 0.29) is 5.28 Å². The van der Waals surface area contributed by atoms with Gasteiger partial charge in [-0.2, -0.15) is 0 Å². The van der Waals surface area contributed by atoms with Crippen molar-refractivity contribution in [3.63, 3.8) is 0 Å². The first kappa shape index (κ1) is 9.49. The Bertz CT molecular complexity index is 485. The van der Waals surface area contributed by atoms with Crippen molar-refractivity contribution in [3.05, 3.63) is 28.6 Å². The molecule has 1 heterocycles. The molecular weight excluding hydrogens is 221 g/mol. The van der Waals surface area contributed by atoms with Crippen LogP contribution in [0.3, 0.4) is 0 Å². The molecule has 0 aliphatic carbocycles. The summed E-state index contributed by atoms with van der Waals surface area (Å²) in [6, 6.07) is 5.64. The number of anilines is 1. The molecule has 1 aromatic carbocycles. The second-order valence-electron chi connectivity index (χ2n) is 2.77. The van der Waals surface area contributed by atoms with E-state index in [1.807, 2.05) is 25.2 Å². The first-order chi connectivity index (χ1) is 6.70. The fourth-order valence-corrected chi connectivity index (χ4v) is 1.67. The van der Waals surface area contributed by atoms with Crippen molar-refractivity contribution in [1.82, 2.24) is 9.97 Å². The highest BCUT2D eigenvalue weighted by Gasteiger charge is 2.04. The van der Waals surface area contributed by atoms with Crippen molar-refractivity contribution in [1.29, 1.82) is 0 Å². The zero-order valence-corrected chi connectivity index (χ0v) is 8.89. The van der Waals surface area contributed by atoms with Gasteiger partial charge in [-0.25, -0.2) is 9.97 Å².